The third kappa shape index (κ3) is 4.08. The lowest BCUT2D eigenvalue weighted by Crippen LogP contribution is -2.36. The number of carbonyl (C=O) groups is 1. The van der Waals surface area contributed by atoms with Crippen LogP contribution in [0.15, 0.2) is 60.8 Å². The van der Waals surface area contributed by atoms with Gasteiger partial charge in [-0.1, -0.05) is 29.8 Å². The molecule has 1 amide bonds. The molecule has 0 aliphatic carbocycles. The number of ether oxygens (including phenoxy) is 1. The van der Waals surface area contributed by atoms with Crippen LogP contribution in [0.2, 0.25) is 5.02 Å². The Labute approximate surface area is 183 Å². The van der Waals surface area contributed by atoms with Gasteiger partial charge in [0.2, 0.25) is 0 Å². The van der Waals surface area contributed by atoms with Crippen molar-refractivity contribution in [2.24, 2.45) is 0 Å². The lowest BCUT2D eigenvalue weighted by Gasteiger charge is -2.27. The van der Waals surface area contributed by atoms with Crippen molar-refractivity contribution in [3.05, 3.63) is 71.5 Å². The quantitative estimate of drug-likeness (QED) is 0.529. The molecule has 0 radical (unpaired) electrons. The second kappa shape index (κ2) is 8.33. The zero-order valence-corrected chi connectivity index (χ0v) is 17.3. The molecule has 0 atom stereocenters. The molecule has 4 heterocycles. The summed E-state index contributed by atoms with van der Waals surface area (Å²) in [6.07, 6.45) is 1.71. The van der Waals surface area contributed by atoms with Gasteiger partial charge in [0.05, 0.1) is 25.1 Å². The molecule has 156 valence electrons. The number of amides is 1. The molecule has 8 nitrogen and oxygen atoms in total. The first kappa shape index (κ1) is 19.5. The molecule has 5 rings (SSSR count). The van der Waals surface area contributed by atoms with Crippen LogP contribution < -0.4 is 10.2 Å². The van der Waals surface area contributed by atoms with Crippen molar-refractivity contribution in [3.8, 4) is 11.3 Å². The Morgan fingerprint density at radius 1 is 1.06 bits per heavy atom. The Hall–Kier alpha value is -3.49. The molecule has 1 fully saturated rings. The zero-order valence-electron chi connectivity index (χ0n) is 16.5. The van der Waals surface area contributed by atoms with E-state index < -0.39 is 0 Å². The maximum Gasteiger partial charge on any atom is 0.277 e. The highest BCUT2D eigenvalue weighted by molar-refractivity contribution is 6.30. The van der Waals surface area contributed by atoms with E-state index >= 15 is 0 Å². The van der Waals surface area contributed by atoms with Crippen molar-refractivity contribution in [1.82, 2.24) is 19.6 Å². The van der Waals surface area contributed by atoms with E-state index in [0.717, 1.165) is 30.2 Å². The van der Waals surface area contributed by atoms with Gasteiger partial charge in [0.15, 0.2) is 5.65 Å². The summed E-state index contributed by atoms with van der Waals surface area (Å²) in [5.74, 6) is 0.929. The molecule has 0 spiro atoms. The van der Waals surface area contributed by atoms with Gasteiger partial charge < -0.3 is 15.0 Å². The number of rotatable bonds is 4. The van der Waals surface area contributed by atoms with E-state index in [9.17, 15) is 4.79 Å². The third-order valence-corrected chi connectivity index (χ3v) is 5.26. The zero-order chi connectivity index (χ0) is 21.2. The van der Waals surface area contributed by atoms with Gasteiger partial charge >= 0.3 is 0 Å². The largest absolute Gasteiger partial charge is 0.378 e. The van der Waals surface area contributed by atoms with Crippen LogP contribution in [0.5, 0.6) is 0 Å². The molecular formula is C22H19ClN6O2. The van der Waals surface area contributed by atoms with Gasteiger partial charge in [-0.2, -0.15) is 5.10 Å². The number of pyridine rings is 1. The standard InChI is InChI=1S/C22H19ClN6O2/c23-16-4-1-3-15(13-16)18-14-24-20-8-7-17(27-29(18)20)22(30)26-19-5-2-6-21(25-19)28-9-11-31-12-10-28/h1-8,13-14H,9-12H2,(H,25,26,30). The normalized spacial score (nSPS) is 14.0. The van der Waals surface area contributed by atoms with Crippen molar-refractivity contribution in [2.45, 2.75) is 0 Å². The molecule has 0 bridgehead atoms. The monoisotopic (exact) mass is 434 g/mol. The van der Waals surface area contributed by atoms with Crippen LogP contribution in [-0.4, -0.2) is 51.8 Å². The van der Waals surface area contributed by atoms with Gasteiger partial charge in [-0.15, -0.1) is 0 Å². The molecule has 9 heteroatoms. The predicted octanol–water partition coefficient (Wildman–Crippen LogP) is 3.53. The number of fused-ring (bicyclic) bond motifs is 1. The first-order valence-electron chi connectivity index (χ1n) is 9.89. The molecule has 31 heavy (non-hydrogen) atoms. The van der Waals surface area contributed by atoms with Gasteiger partial charge in [0.25, 0.3) is 5.91 Å². The molecule has 3 aromatic heterocycles. The molecule has 1 aliphatic heterocycles. The minimum atomic E-state index is -0.348. The predicted molar refractivity (Wildman–Crippen MR) is 119 cm³/mol. The van der Waals surface area contributed by atoms with E-state index in [1.165, 1.54) is 0 Å². The maximum atomic E-state index is 12.9. The van der Waals surface area contributed by atoms with E-state index in [1.54, 1.807) is 35.0 Å². The van der Waals surface area contributed by atoms with Gasteiger partial charge in [0, 0.05) is 23.7 Å². The minimum Gasteiger partial charge on any atom is -0.378 e. The van der Waals surface area contributed by atoms with Crippen molar-refractivity contribution in [1.29, 1.82) is 0 Å². The average Bonchev–Trinajstić information content (AvgIpc) is 3.23. The maximum absolute atomic E-state index is 12.9. The van der Waals surface area contributed by atoms with E-state index in [4.69, 9.17) is 16.3 Å². The second-order valence-electron chi connectivity index (χ2n) is 7.08. The van der Waals surface area contributed by atoms with E-state index in [2.05, 4.69) is 25.3 Å². The van der Waals surface area contributed by atoms with Crippen LogP contribution in [0, 0.1) is 0 Å². The number of hydrogen-bond donors (Lipinski definition) is 1. The second-order valence-corrected chi connectivity index (χ2v) is 7.51. The molecular weight excluding hydrogens is 416 g/mol. The fourth-order valence-electron chi connectivity index (χ4n) is 3.48. The summed E-state index contributed by atoms with van der Waals surface area (Å²) in [6.45, 7) is 2.88. The number of nitrogens with zero attached hydrogens (tertiary/aromatic N) is 5. The molecule has 1 N–H and O–H groups in total. The Morgan fingerprint density at radius 2 is 1.90 bits per heavy atom. The van der Waals surface area contributed by atoms with Gasteiger partial charge in [-0.25, -0.2) is 14.5 Å². The Balaban J connectivity index is 1.41. The number of morpholine rings is 1. The Bertz CT molecular complexity index is 1250. The van der Waals surface area contributed by atoms with E-state index in [-0.39, 0.29) is 11.6 Å². The molecule has 1 saturated heterocycles. The summed E-state index contributed by atoms with van der Waals surface area (Å²) >= 11 is 6.12. The summed E-state index contributed by atoms with van der Waals surface area (Å²) in [6, 6.07) is 16.4. The Morgan fingerprint density at radius 3 is 2.74 bits per heavy atom. The van der Waals surface area contributed by atoms with Crippen molar-refractivity contribution in [3.63, 3.8) is 0 Å². The molecule has 0 saturated carbocycles. The summed E-state index contributed by atoms with van der Waals surface area (Å²) in [7, 11) is 0. The highest BCUT2D eigenvalue weighted by atomic mass is 35.5. The van der Waals surface area contributed by atoms with Crippen molar-refractivity contribution in [2.75, 3.05) is 36.5 Å². The number of halogens is 1. The van der Waals surface area contributed by atoms with Crippen LogP contribution >= 0.6 is 11.6 Å². The van der Waals surface area contributed by atoms with E-state index in [1.807, 2.05) is 30.3 Å². The van der Waals surface area contributed by atoms with Crippen LogP contribution in [0.4, 0.5) is 11.6 Å². The van der Waals surface area contributed by atoms with Crippen LogP contribution in [0.25, 0.3) is 16.9 Å². The SMILES string of the molecule is O=C(Nc1cccc(N2CCOCC2)n1)c1ccc2ncc(-c3cccc(Cl)c3)n2n1. The lowest BCUT2D eigenvalue weighted by molar-refractivity contribution is 0.102. The number of benzene rings is 1. The number of anilines is 2. The highest BCUT2D eigenvalue weighted by Gasteiger charge is 2.16. The molecule has 4 aromatic rings. The molecule has 1 aromatic carbocycles. The third-order valence-electron chi connectivity index (χ3n) is 5.03. The fourth-order valence-corrected chi connectivity index (χ4v) is 3.67. The molecule has 1 aliphatic rings. The lowest BCUT2D eigenvalue weighted by atomic mass is 10.2. The number of nitrogens with one attached hydrogen (secondary N) is 1. The Kier molecular flexibility index (Phi) is 5.23. The number of imidazole rings is 1. The van der Waals surface area contributed by atoms with Crippen molar-refractivity contribution < 1.29 is 9.53 Å². The van der Waals surface area contributed by atoms with E-state index in [0.29, 0.717) is 29.7 Å². The smallest absolute Gasteiger partial charge is 0.277 e. The van der Waals surface area contributed by atoms with Crippen LogP contribution in [-0.2, 0) is 4.74 Å². The van der Waals surface area contributed by atoms with Crippen LogP contribution in [0.3, 0.4) is 0 Å². The summed E-state index contributed by atoms with van der Waals surface area (Å²) in [4.78, 5) is 23.9. The number of aromatic nitrogens is 4. The minimum absolute atomic E-state index is 0.257. The van der Waals surface area contributed by atoms with Gasteiger partial charge in [-0.3, -0.25) is 4.79 Å². The van der Waals surface area contributed by atoms with Crippen LogP contribution in [0.1, 0.15) is 10.5 Å². The molecule has 0 unspecified atom stereocenters. The summed E-state index contributed by atoms with van der Waals surface area (Å²) in [5.41, 5.74) is 2.51. The van der Waals surface area contributed by atoms with Crippen molar-refractivity contribution >= 4 is 34.8 Å². The number of carbonyl (C=O) groups excluding carboxylic acids is 1. The average molecular weight is 435 g/mol. The first-order valence-corrected chi connectivity index (χ1v) is 10.3. The summed E-state index contributed by atoms with van der Waals surface area (Å²) < 4.78 is 7.03. The summed E-state index contributed by atoms with van der Waals surface area (Å²) in [5, 5.41) is 7.95. The van der Waals surface area contributed by atoms with Gasteiger partial charge in [-0.05, 0) is 36.4 Å². The van der Waals surface area contributed by atoms with Gasteiger partial charge in [0.1, 0.15) is 17.3 Å². The number of hydrogen-bond acceptors (Lipinski definition) is 6. The fraction of sp³-hybridized carbons (Fsp3) is 0.182. The topological polar surface area (TPSA) is 84.7 Å². The highest BCUT2D eigenvalue weighted by Crippen LogP contribution is 2.23. The first-order chi connectivity index (χ1) is 15.2.